The Labute approximate surface area is 168 Å². The average Bonchev–Trinajstić information content (AvgIpc) is 2.65. The number of halogens is 1. The van der Waals surface area contributed by atoms with Crippen molar-refractivity contribution in [2.75, 3.05) is 21.3 Å². The molecular weight excluding hydrogens is 412 g/mol. The van der Waals surface area contributed by atoms with Crippen LogP contribution in [0.25, 0.3) is 0 Å². The molecule has 0 bridgehead atoms. The van der Waals surface area contributed by atoms with Crippen molar-refractivity contribution in [1.29, 1.82) is 0 Å². The van der Waals surface area contributed by atoms with Gasteiger partial charge in [-0.05, 0) is 38.5 Å². The summed E-state index contributed by atoms with van der Waals surface area (Å²) in [6.07, 6.45) is 0. The van der Waals surface area contributed by atoms with Crippen molar-refractivity contribution in [3.05, 3.63) is 51.5 Å². The molecule has 0 aliphatic rings. The van der Waals surface area contributed by atoms with Gasteiger partial charge in [0.05, 0.1) is 31.4 Å². The lowest BCUT2D eigenvalue weighted by Gasteiger charge is -2.19. The van der Waals surface area contributed by atoms with E-state index in [2.05, 4.69) is 48.8 Å². The minimum atomic E-state index is -0.485. The predicted octanol–water partition coefficient (Wildman–Crippen LogP) is 5.13. The van der Waals surface area contributed by atoms with Crippen molar-refractivity contribution in [2.24, 2.45) is 0 Å². The Morgan fingerprint density at radius 3 is 2.04 bits per heavy atom. The van der Waals surface area contributed by atoms with Gasteiger partial charge in [-0.25, -0.2) is 4.79 Å². The van der Waals surface area contributed by atoms with Crippen molar-refractivity contribution < 1.29 is 23.7 Å². The normalized spacial score (nSPS) is 11.1. The van der Waals surface area contributed by atoms with E-state index in [0.717, 1.165) is 5.56 Å². The third kappa shape index (κ3) is 4.75. The predicted molar refractivity (Wildman–Crippen MR) is 108 cm³/mol. The summed E-state index contributed by atoms with van der Waals surface area (Å²) in [5.74, 6) is 0.680. The van der Waals surface area contributed by atoms with Gasteiger partial charge in [0.2, 0.25) is 5.75 Å². The quantitative estimate of drug-likeness (QED) is 0.587. The molecule has 0 spiro atoms. The van der Waals surface area contributed by atoms with E-state index in [9.17, 15) is 4.79 Å². The fraction of sp³-hybridized carbons (Fsp3) is 0.381. The molecule has 146 valence electrons. The van der Waals surface area contributed by atoms with Gasteiger partial charge in [0.15, 0.2) is 11.5 Å². The fourth-order valence-corrected chi connectivity index (χ4v) is 3.22. The van der Waals surface area contributed by atoms with E-state index in [1.807, 2.05) is 12.1 Å². The molecule has 0 amide bonds. The standard InChI is InChI=1S/C21H25BrO5/c1-21(2,3)14-9-7-13(8-10-14)12-27-20(23)15-11-16(24-4)18(25-5)19(26-6)17(15)22/h7-11H,12H2,1-6H3. The second kappa shape index (κ2) is 8.65. The monoisotopic (exact) mass is 436 g/mol. The highest BCUT2D eigenvalue weighted by Crippen LogP contribution is 2.44. The van der Waals surface area contributed by atoms with Gasteiger partial charge < -0.3 is 18.9 Å². The number of methoxy groups -OCH3 is 3. The van der Waals surface area contributed by atoms with Crippen molar-refractivity contribution in [2.45, 2.75) is 32.8 Å². The number of carbonyl (C=O) groups is 1. The topological polar surface area (TPSA) is 54.0 Å². The third-order valence-corrected chi connectivity index (χ3v) is 4.97. The lowest BCUT2D eigenvalue weighted by atomic mass is 9.87. The smallest absolute Gasteiger partial charge is 0.339 e. The van der Waals surface area contributed by atoms with Crippen LogP contribution in [-0.4, -0.2) is 27.3 Å². The van der Waals surface area contributed by atoms with Crippen LogP contribution >= 0.6 is 15.9 Å². The van der Waals surface area contributed by atoms with Crippen LogP contribution in [0.3, 0.4) is 0 Å². The summed E-state index contributed by atoms with van der Waals surface area (Å²) in [6.45, 7) is 6.64. The summed E-state index contributed by atoms with van der Waals surface area (Å²) >= 11 is 3.39. The van der Waals surface area contributed by atoms with E-state index < -0.39 is 5.97 Å². The fourth-order valence-electron chi connectivity index (χ4n) is 2.60. The van der Waals surface area contributed by atoms with E-state index >= 15 is 0 Å². The Balaban J connectivity index is 2.21. The zero-order valence-corrected chi connectivity index (χ0v) is 18.1. The molecule has 0 saturated heterocycles. The van der Waals surface area contributed by atoms with Crippen LogP contribution < -0.4 is 14.2 Å². The molecule has 0 heterocycles. The number of hydrogen-bond acceptors (Lipinski definition) is 5. The highest BCUT2D eigenvalue weighted by atomic mass is 79.9. The molecule has 27 heavy (non-hydrogen) atoms. The van der Waals surface area contributed by atoms with Crippen LogP contribution in [0.4, 0.5) is 0 Å². The first-order chi connectivity index (χ1) is 12.7. The van der Waals surface area contributed by atoms with Crippen molar-refractivity contribution in [3.63, 3.8) is 0 Å². The van der Waals surface area contributed by atoms with Gasteiger partial charge in [0, 0.05) is 0 Å². The summed E-state index contributed by atoms with van der Waals surface area (Å²) in [5.41, 5.74) is 2.52. The molecule has 0 aliphatic carbocycles. The number of benzene rings is 2. The van der Waals surface area contributed by atoms with Crippen LogP contribution in [0.5, 0.6) is 17.2 Å². The third-order valence-electron chi connectivity index (χ3n) is 4.18. The van der Waals surface area contributed by atoms with Gasteiger partial charge in [-0.2, -0.15) is 0 Å². The molecule has 0 aliphatic heterocycles. The number of rotatable bonds is 6. The van der Waals surface area contributed by atoms with Gasteiger partial charge in [0.1, 0.15) is 6.61 Å². The van der Waals surface area contributed by atoms with Gasteiger partial charge >= 0.3 is 5.97 Å². The van der Waals surface area contributed by atoms with E-state index in [0.29, 0.717) is 27.3 Å². The SMILES string of the molecule is COc1cc(C(=O)OCc2ccc(C(C)(C)C)cc2)c(Br)c(OC)c1OC. The minimum Gasteiger partial charge on any atom is -0.493 e. The van der Waals surface area contributed by atoms with Gasteiger partial charge in [-0.3, -0.25) is 0 Å². The van der Waals surface area contributed by atoms with E-state index in [-0.39, 0.29) is 12.0 Å². The van der Waals surface area contributed by atoms with Crippen LogP contribution in [0, 0.1) is 0 Å². The second-order valence-corrected chi connectivity index (χ2v) is 7.82. The molecule has 0 atom stereocenters. The Hall–Kier alpha value is -2.21. The highest BCUT2D eigenvalue weighted by Gasteiger charge is 2.23. The number of esters is 1. The Morgan fingerprint density at radius 2 is 1.56 bits per heavy atom. The Bertz CT molecular complexity index is 807. The zero-order valence-electron chi connectivity index (χ0n) is 16.5. The molecule has 2 aromatic rings. The first-order valence-electron chi connectivity index (χ1n) is 8.48. The zero-order chi connectivity index (χ0) is 20.2. The van der Waals surface area contributed by atoms with Crippen LogP contribution in [-0.2, 0) is 16.8 Å². The molecule has 0 N–H and O–H groups in total. The molecule has 2 aromatic carbocycles. The van der Waals surface area contributed by atoms with Crippen LogP contribution in [0.15, 0.2) is 34.8 Å². The second-order valence-electron chi connectivity index (χ2n) is 7.03. The maximum atomic E-state index is 12.6. The molecule has 0 aromatic heterocycles. The first kappa shape index (κ1) is 21.1. The lowest BCUT2D eigenvalue weighted by molar-refractivity contribution is 0.0470. The maximum Gasteiger partial charge on any atom is 0.339 e. The highest BCUT2D eigenvalue weighted by molar-refractivity contribution is 9.10. The van der Waals surface area contributed by atoms with E-state index in [1.54, 1.807) is 6.07 Å². The van der Waals surface area contributed by atoms with E-state index in [1.165, 1.54) is 26.9 Å². The molecule has 5 nitrogen and oxygen atoms in total. The first-order valence-corrected chi connectivity index (χ1v) is 9.27. The molecule has 0 saturated carbocycles. The van der Waals surface area contributed by atoms with Crippen molar-refractivity contribution >= 4 is 21.9 Å². The largest absolute Gasteiger partial charge is 0.493 e. The number of carbonyl (C=O) groups excluding carboxylic acids is 1. The Kier molecular flexibility index (Phi) is 6.76. The molecule has 6 heteroatoms. The van der Waals surface area contributed by atoms with Crippen molar-refractivity contribution in [1.82, 2.24) is 0 Å². The summed E-state index contributed by atoms with van der Waals surface area (Å²) in [5, 5.41) is 0. The van der Waals surface area contributed by atoms with Gasteiger partial charge in [-0.1, -0.05) is 45.0 Å². The number of ether oxygens (including phenoxy) is 4. The summed E-state index contributed by atoms with van der Waals surface area (Å²) in [4.78, 5) is 12.6. The van der Waals surface area contributed by atoms with Gasteiger partial charge in [0.25, 0.3) is 0 Å². The van der Waals surface area contributed by atoms with Crippen LogP contribution in [0.1, 0.15) is 42.3 Å². The number of hydrogen-bond donors (Lipinski definition) is 0. The van der Waals surface area contributed by atoms with Crippen LogP contribution in [0.2, 0.25) is 0 Å². The Morgan fingerprint density at radius 1 is 0.963 bits per heavy atom. The minimum absolute atomic E-state index is 0.0796. The molecule has 0 radical (unpaired) electrons. The lowest BCUT2D eigenvalue weighted by Crippen LogP contribution is -2.11. The summed E-state index contributed by atoms with van der Waals surface area (Å²) in [6, 6.07) is 9.61. The van der Waals surface area contributed by atoms with Gasteiger partial charge in [-0.15, -0.1) is 0 Å². The average molecular weight is 437 g/mol. The molecule has 0 fully saturated rings. The molecular formula is C21H25BrO5. The van der Waals surface area contributed by atoms with Crippen molar-refractivity contribution in [3.8, 4) is 17.2 Å². The summed E-state index contributed by atoms with van der Waals surface area (Å²) < 4.78 is 21.9. The summed E-state index contributed by atoms with van der Waals surface area (Å²) in [7, 11) is 4.50. The molecule has 0 unspecified atom stereocenters. The molecule has 2 rings (SSSR count). The van der Waals surface area contributed by atoms with E-state index in [4.69, 9.17) is 18.9 Å². The maximum absolute atomic E-state index is 12.6.